The molecule has 1 atom stereocenters. The van der Waals surface area contributed by atoms with Crippen LogP contribution in [0.3, 0.4) is 0 Å². The van der Waals surface area contributed by atoms with Crippen LogP contribution in [0.4, 0.5) is 5.95 Å². The number of amides is 1. The number of nitrogens with zero attached hydrogens (tertiary/aromatic N) is 1. The van der Waals surface area contributed by atoms with E-state index in [1.807, 2.05) is 0 Å². The van der Waals surface area contributed by atoms with E-state index < -0.39 is 0 Å². The Balaban J connectivity index is 1.78. The smallest absolute Gasteiger partial charge is 0.229 e. The zero-order valence-electron chi connectivity index (χ0n) is 7.82. The van der Waals surface area contributed by atoms with Gasteiger partial charge in [-0.2, -0.15) is 0 Å². The van der Waals surface area contributed by atoms with E-state index in [1.165, 1.54) is 0 Å². The number of carbonyl (C=O) groups excluding carboxylic acids is 1. The normalized spacial score (nSPS) is 21.0. The van der Waals surface area contributed by atoms with E-state index in [2.05, 4.69) is 15.3 Å². The first-order chi connectivity index (χ1) is 6.84. The molecule has 1 amide bonds. The Morgan fingerprint density at radius 1 is 1.79 bits per heavy atom. The number of nitrogens with one attached hydrogen (secondary N) is 2. The summed E-state index contributed by atoms with van der Waals surface area (Å²) >= 11 is 0. The summed E-state index contributed by atoms with van der Waals surface area (Å²) in [7, 11) is 0. The van der Waals surface area contributed by atoms with Crippen LogP contribution in [0.25, 0.3) is 0 Å². The molecule has 1 aliphatic heterocycles. The molecule has 5 nitrogen and oxygen atoms in total. The minimum atomic E-state index is -0.0492. The monoisotopic (exact) mass is 195 g/mol. The van der Waals surface area contributed by atoms with E-state index in [9.17, 15) is 4.79 Å². The van der Waals surface area contributed by atoms with E-state index >= 15 is 0 Å². The standard InChI is InChI=1S/C9H13N3O2/c13-8(6-7-2-1-5-14-7)12-9-10-3-4-11-9/h3-4,7H,1-2,5-6H2,(H2,10,11,12,13). The molecule has 0 spiro atoms. The Kier molecular flexibility index (Phi) is 2.78. The molecule has 0 radical (unpaired) electrons. The number of ether oxygens (including phenoxy) is 1. The predicted octanol–water partition coefficient (Wildman–Crippen LogP) is 0.917. The van der Waals surface area contributed by atoms with Gasteiger partial charge in [-0.1, -0.05) is 0 Å². The molecule has 2 rings (SSSR count). The molecule has 14 heavy (non-hydrogen) atoms. The molecule has 1 aromatic heterocycles. The van der Waals surface area contributed by atoms with Crippen LogP contribution in [0.2, 0.25) is 0 Å². The number of aromatic nitrogens is 2. The number of hydrogen-bond donors (Lipinski definition) is 2. The van der Waals surface area contributed by atoms with Gasteiger partial charge in [0.2, 0.25) is 11.9 Å². The molecule has 1 fully saturated rings. The van der Waals surface area contributed by atoms with Crippen molar-refractivity contribution in [3.05, 3.63) is 12.4 Å². The van der Waals surface area contributed by atoms with Crippen LogP contribution in [0.5, 0.6) is 0 Å². The topological polar surface area (TPSA) is 67.0 Å². The van der Waals surface area contributed by atoms with Gasteiger partial charge in [0.25, 0.3) is 0 Å². The molecule has 1 unspecified atom stereocenters. The lowest BCUT2D eigenvalue weighted by Crippen LogP contribution is -2.19. The largest absolute Gasteiger partial charge is 0.378 e. The van der Waals surface area contributed by atoms with E-state index in [1.54, 1.807) is 12.4 Å². The Morgan fingerprint density at radius 3 is 3.36 bits per heavy atom. The van der Waals surface area contributed by atoms with Crippen LogP contribution in [-0.2, 0) is 9.53 Å². The van der Waals surface area contributed by atoms with Crippen LogP contribution < -0.4 is 5.32 Å². The molecule has 2 heterocycles. The van der Waals surface area contributed by atoms with Gasteiger partial charge in [-0.15, -0.1) is 0 Å². The van der Waals surface area contributed by atoms with Gasteiger partial charge >= 0.3 is 0 Å². The SMILES string of the molecule is O=C(CC1CCCO1)Nc1ncc[nH]1. The lowest BCUT2D eigenvalue weighted by molar-refractivity contribution is -0.118. The van der Waals surface area contributed by atoms with Gasteiger partial charge in [-0.25, -0.2) is 4.98 Å². The third kappa shape index (κ3) is 2.32. The fourth-order valence-electron chi connectivity index (χ4n) is 1.53. The zero-order chi connectivity index (χ0) is 9.80. The summed E-state index contributed by atoms with van der Waals surface area (Å²) in [6.45, 7) is 0.776. The molecule has 1 aliphatic rings. The summed E-state index contributed by atoms with van der Waals surface area (Å²) in [5.74, 6) is 0.444. The minimum Gasteiger partial charge on any atom is -0.378 e. The second kappa shape index (κ2) is 4.23. The number of aromatic amines is 1. The summed E-state index contributed by atoms with van der Waals surface area (Å²) in [6, 6.07) is 0. The number of H-pyrrole nitrogens is 1. The highest BCUT2D eigenvalue weighted by Gasteiger charge is 2.19. The van der Waals surface area contributed by atoms with Gasteiger partial charge in [0.1, 0.15) is 0 Å². The molecule has 1 saturated heterocycles. The van der Waals surface area contributed by atoms with Crippen molar-refractivity contribution in [3.8, 4) is 0 Å². The van der Waals surface area contributed by atoms with E-state index in [-0.39, 0.29) is 12.0 Å². The minimum absolute atomic E-state index is 0.0492. The van der Waals surface area contributed by atoms with Crippen molar-refractivity contribution in [3.63, 3.8) is 0 Å². The Bertz CT molecular complexity index is 291. The average Bonchev–Trinajstić information content (AvgIpc) is 2.76. The van der Waals surface area contributed by atoms with Crippen molar-refractivity contribution in [2.24, 2.45) is 0 Å². The third-order valence-corrected chi connectivity index (χ3v) is 2.19. The molecule has 0 saturated carbocycles. The van der Waals surface area contributed by atoms with Crippen molar-refractivity contribution in [2.75, 3.05) is 11.9 Å². The van der Waals surface area contributed by atoms with Gasteiger partial charge < -0.3 is 9.72 Å². The van der Waals surface area contributed by atoms with Crippen LogP contribution in [0.1, 0.15) is 19.3 Å². The predicted molar refractivity (Wildman–Crippen MR) is 50.8 cm³/mol. The first kappa shape index (κ1) is 9.21. The van der Waals surface area contributed by atoms with Crippen molar-refractivity contribution in [1.29, 1.82) is 0 Å². The average molecular weight is 195 g/mol. The zero-order valence-corrected chi connectivity index (χ0v) is 7.82. The van der Waals surface area contributed by atoms with Crippen LogP contribution in [0.15, 0.2) is 12.4 Å². The third-order valence-electron chi connectivity index (χ3n) is 2.19. The summed E-state index contributed by atoms with van der Waals surface area (Å²) in [5.41, 5.74) is 0. The molecule has 1 aromatic rings. The second-order valence-corrected chi connectivity index (χ2v) is 3.33. The highest BCUT2D eigenvalue weighted by atomic mass is 16.5. The maximum atomic E-state index is 11.4. The highest BCUT2D eigenvalue weighted by Crippen LogP contribution is 2.15. The van der Waals surface area contributed by atoms with Crippen LogP contribution in [-0.4, -0.2) is 28.6 Å². The van der Waals surface area contributed by atoms with Crippen LogP contribution in [0, 0.1) is 0 Å². The van der Waals surface area contributed by atoms with E-state index in [4.69, 9.17) is 4.74 Å². The fraction of sp³-hybridized carbons (Fsp3) is 0.556. The highest BCUT2D eigenvalue weighted by molar-refractivity contribution is 5.89. The quantitative estimate of drug-likeness (QED) is 0.753. The second-order valence-electron chi connectivity index (χ2n) is 3.33. The van der Waals surface area contributed by atoms with Crippen molar-refractivity contribution >= 4 is 11.9 Å². The number of carbonyl (C=O) groups is 1. The van der Waals surface area contributed by atoms with Gasteiger partial charge in [-0.05, 0) is 12.8 Å². The summed E-state index contributed by atoms with van der Waals surface area (Å²) < 4.78 is 5.35. The van der Waals surface area contributed by atoms with Crippen LogP contribution >= 0.6 is 0 Å². The number of anilines is 1. The molecule has 76 valence electrons. The first-order valence-electron chi connectivity index (χ1n) is 4.75. The molecule has 0 bridgehead atoms. The number of rotatable bonds is 3. The maximum Gasteiger partial charge on any atom is 0.229 e. The fourth-order valence-corrected chi connectivity index (χ4v) is 1.53. The van der Waals surface area contributed by atoms with Crippen molar-refractivity contribution in [2.45, 2.75) is 25.4 Å². The Hall–Kier alpha value is -1.36. The van der Waals surface area contributed by atoms with E-state index in [0.29, 0.717) is 12.4 Å². The Labute approximate surface area is 81.9 Å². The molecule has 0 aliphatic carbocycles. The lowest BCUT2D eigenvalue weighted by Gasteiger charge is -2.07. The van der Waals surface area contributed by atoms with Crippen molar-refractivity contribution < 1.29 is 9.53 Å². The van der Waals surface area contributed by atoms with Crippen molar-refractivity contribution in [1.82, 2.24) is 9.97 Å². The van der Waals surface area contributed by atoms with Gasteiger partial charge in [-0.3, -0.25) is 10.1 Å². The van der Waals surface area contributed by atoms with E-state index in [0.717, 1.165) is 19.4 Å². The first-order valence-corrected chi connectivity index (χ1v) is 4.75. The Morgan fingerprint density at radius 2 is 2.71 bits per heavy atom. The molecule has 5 heteroatoms. The molecule has 0 aromatic carbocycles. The number of imidazole rings is 1. The maximum absolute atomic E-state index is 11.4. The summed E-state index contributed by atoms with van der Waals surface area (Å²) in [5, 5.41) is 2.66. The lowest BCUT2D eigenvalue weighted by atomic mass is 10.2. The number of hydrogen-bond acceptors (Lipinski definition) is 3. The molecular weight excluding hydrogens is 182 g/mol. The molecular formula is C9H13N3O2. The molecule has 2 N–H and O–H groups in total. The summed E-state index contributed by atoms with van der Waals surface area (Å²) in [6.07, 6.45) is 5.80. The summed E-state index contributed by atoms with van der Waals surface area (Å²) in [4.78, 5) is 18.1. The van der Waals surface area contributed by atoms with Gasteiger partial charge in [0.05, 0.1) is 12.5 Å². The van der Waals surface area contributed by atoms with Gasteiger partial charge in [0.15, 0.2) is 0 Å². The van der Waals surface area contributed by atoms with Gasteiger partial charge in [0, 0.05) is 19.0 Å².